The second-order valence-corrected chi connectivity index (χ2v) is 3.07. The van der Waals surface area contributed by atoms with Gasteiger partial charge in [-0.3, -0.25) is 0 Å². The topological polar surface area (TPSA) is 100 Å². The highest BCUT2D eigenvalue weighted by atomic mass is 16.8. The largest absolute Gasteiger partial charge is 0.450 e. The molecule has 7 heteroatoms. The minimum atomic E-state index is -0.711. The van der Waals surface area contributed by atoms with Gasteiger partial charge in [0.1, 0.15) is 0 Å². The lowest BCUT2D eigenvalue weighted by molar-refractivity contribution is -0.320. The van der Waals surface area contributed by atoms with E-state index in [-0.39, 0.29) is 12.6 Å². The smallest absolute Gasteiger partial charge is 0.404 e. The van der Waals surface area contributed by atoms with E-state index in [1.165, 1.54) is 0 Å². The summed E-state index contributed by atoms with van der Waals surface area (Å²) < 4.78 is 19.5. The molecule has 0 saturated carbocycles. The molecule has 17 heavy (non-hydrogen) atoms. The number of rotatable bonds is 3. The van der Waals surface area contributed by atoms with Crippen LogP contribution in [0.3, 0.4) is 0 Å². The zero-order valence-electron chi connectivity index (χ0n) is 10.3. The van der Waals surface area contributed by atoms with Crippen molar-refractivity contribution >= 4 is 6.09 Å². The standard InChI is InChI=1S/C6H10O3.C3H7NO2.CH4O/c1-3-7-5(1)9-6-2-4-8-6;1-2-6-3(4)5;1-2/h5-6H,1-4H2;2H2,1H3,(H2,4,5);2H,1H3. The molecule has 0 aromatic carbocycles. The van der Waals surface area contributed by atoms with Crippen molar-refractivity contribution < 1.29 is 28.8 Å². The van der Waals surface area contributed by atoms with Gasteiger partial charge < -0.3 is 29.8 Å². The summed E-state index contributed by atoms with van der Waals surface area (Å²) in [6.07, 6.45) is 1.42. The molecular weight excluding hydrogens is 230 g/mol. The summed E-state index contributed by atoms with van der Waals surface area (Å²) in [7, 11) is 1.00. The number of carbonyl (C=O) groups is 1. The Hall–Kier alpha value is -0.890. The third-order valence-corrected chi connectivity index (χ3v) is 1.90. The average Bonchev–Trinajstić information content (AvgIpc) is 2.17. The molecule has 0 aromatic rings. The van der Waals surface area contributed by atoms with Gasteiger partial charge in [0.2, 0.25) is 0 Å². The van der Waals surface area contributed by atoms with Gasteiger partial charge in [-0.25, -0.2) is 4.79 Å². The Kier molecular flexibility index (Phi) is 9.74. The van der Waals surface area contributed by atoms with Crippen LogP contribution in [0, 0.1) is 0 Å². The van der Waals surface area contributed by atoms with E-state index in [9.17, 15) is 4.79 Å². The van der Waals surface area contributed by atoms with Gasteiger partial charge in [-0.15, -0.1) is 0 Å². The number of amides is 1. The molecule has 3 N–H and O–H groups in total. The Bertz CT molecular complexity index is 181. The first-order valence-electron chi connectivity index (χ1n) is 5.48. The van der Waals surface area contributed by atoms with E-state index in [1.807, 2.05) is 0 Å². The van der Waals surface area contributed by atoms with Crippen molar-refractivity contribution in [2.75, 3.05) is 26.9 Å². The molecule has 0 aromatic heterocycles. The molecule has 2 aliphatic heterocycles. The van der Waals surface area contributed by atoms with Crippen LogP contribution in [-0.4, -0.2) is 50.7 Å². The summed E-state index contributed by atoms with van der Waals surface area (Å²) in [6, 6.07) is 0. The van der Waals surface area contributed by atoms with E-state index in [4.69, 9.17) is 19.3 Å². The maximum absolute atomic E-state index is 9.60. The molecule has 2 atom stereocenters. The average molecular weight is 251 g/mol. The molecule has 1 amide bonds. The first-order chi connectivity index (χ1) is 8.22. The van der Waals surface area contributed by atoms with Gasteiger partial charge in [0, 0.05) is 20.0 Å². The second kappa shape index (κ2) is 10.3. The minimum absolute atomic E-state index is 0.0373. The lowest BCUT2D eigenvalue weighted by atomic mass is 10.3. The fourth-order valence-electron chi connectivity index (χ4n) is 0.954. The highest BCUT2D eigenvalue weighted by Crippen LogP contribution is 2.20. The molecule has 7 nitrogen and oxygen atoms in total. The zero-order valence-corrected chi connectivity index (χ0v) is 10.3. The van der Waals surface area contributed by atoms with Crippen LogP contribution in [0.4, 0.5) is 4.79 Å². The normalized spacial score (nSPS) is 24.9. The Morgan fingerprint density at radius 3 is 1.82 bits per heavy atom. The van der Waals surface area contributed by atoms with Crippen LogP contribution in [0.1, 0.15) is 19.8 Å². The van der Waals surface area contributed by atoms with Crippen LogP contribution in [0.2, 0.25) is 0 Å². The number of hydrogen-bond donors (Lipinski definition) is 2. The predicted molar refractivity (Wildman–Crippen MR) is 59.2 cm³/mol. The summed E-state index contributed by atoms with van der Waals surface area (Å²) >= 11 is 0. The SMILES string of the molecule is C1CC(OC2CCO2)O1.CCOC(N)=O.CO. The molecule has 102 valence electrons. The zero-order chi connectivity index (χ0) is 13.1. The molecule has 2 heterocycles. The van der Waals surface area contributed by atoms with Crippen LogP contribution in [0.15, 0.2) is 0 Å². The van der Waals surface area contributed by atoms with Crippen LogP contribution < -0.4 is 5.73 Å². The van der Waals surface area contributed by atoms with Crippen molar-refractivity contribution in [3.05, 3.63) is 0 Å². The monoisotopic (exact) mass is 251 g/mol. The molecule has 0 radical (unpaired) electrons. The molecule has 2 saturated heterocycles. The summed E-state index contributed by atoms with van der Waals surface area (Å²) in [6.45, 7) is 3.74. The summed E-state index contributed by atoms with van der Waals surface area (Å²) in [4.78, 5) is 9.60. The number of nitrogens with two attached hydrogens (primary N) is 1. The predicted octanol–water partition coefficient (Wildman–Crippen LogP) is 0.206. The van der Waals surface area contributed by atoms with Gasteiger partial charge in [0.25, 0.3) is 0 Å². The molecule has 2 rings (SSSR count). The first-order valence-corrected chi connectivity index (χ1v) is 5.48. The number of primary amides is 1. The third kappa shape index (κ3) is 7.92. The van der Waals surface area contributed by atoms with Gasteiger partial charge in [-0.05, 0) is 6.92 Å². The van der Waals surface area contributed by atoms with Crippen molar-refractivity contribution in [3.8, 4) is 0 Å². The van der Waals surface area contributed by atoms with Crippen LogP contribution in [-0.2, 0) is 18.9 Å². The van der Waals surface area contributed by atoms with E-state index in [0.29, 0.717) is 6.61 Å². The van der Waals surface area contributed by atoms with Crippen LogP contribution >= 0.6 is 0 Å². The number of aliphatic hydroxyl groups is 1. The van der Waals surface area contributed by atoms with Crippen molar-refractivity contribution in [1.82, 2.24) is 0 Å². The van der Waals surface area contributed by atoms with Crippen LogP contribution in [0.25, 0.3) is 0 Å². The van der Waals surface area contributed by atoms with Gasteiger partial charge in [0.15, 0.2) is 12.6 Å². The molecule has 0 aliphatic carbocycles. The Labute approximate surface area is 101 Å². The van der Waals surface area contributed by atoms with Crippen molar-refractivity contribution in [3.63, 3.8) is 0 Å². The Morgan fingerprint density at radius 1 is 1.29 bits per heavy atom. The number of hydrogen-bond acceptors (Lipinski definition) is 6. The quantitative estimate of drug-likeness (QED) is 0.743. The lowest BCUT2D eigenvalue weighted by Crippen LogP contribution is -2.39. The minimum Gasteiger partial charge on any atom is -0.450 e. The maximum atomic E-state index is 9.60. The van der Waals surface area contributed by atoms with E-state index in [1.54, 1.807) is 6.92 Å². The fourth-order valence-corrected chi connectivity index (χ4v) is 0.954. The lowest BCUT2D eigenvalue weighted by Gasteiger charge is -2.34. The summed E-state index contributed by atoms with van der Waals surface area (Å²) in [5.41, 5.74) is 4.54. The van der Waals surface area contributed by atoms with Gasteiger partial charge in [0.05, 0.1) is 19.8 Å². The molecule has 0 spiro atoms. The Morgan fingerprint density at radius 2 is 1.71 bits per heavy atom. The highest BCUT2D eigenvalue weighted by molar-refractivity contribution is 5.64. The molecular formula is C10H21NO6. The van der Waals surface area contributed by atoms with Crippen molar-refractivity contribution in [2.45, 2.75) is 32.3 Å². The molecule has 2 unspecified atom stereocenters. The van der Waals surface area contributed by atoms with Gasteiger partial charge in [-0.1, -0.05) is 0 Å². The maximum Gasteiger partial charge on any atom is 0.404 e. The molecule has 2 aliphatic rings. The van der Waals surface area contributed by atoms with Crippen molar-refractivity contribution in [1.29, 1.82) is 0 Å². The Balaban J connectivity index is 0.000000283. The van der Waals surface area contributed by atoms with Gasteiger partial charge in [-0.2, -0.15) is 0 Å². The molecule has 0 bridgehead atoms. The first kappa shape index (κ1) is 16.1. The van der Waals surface area contributed by atoms with E-state index < -0.39 is 6.09 Å². The van der Waals surface area contributed by atoms with Crippen molar-refractivity contribution in [2.24, 2.45) is 5.73 Å². The van der Waals surface area contributed by atoms with E-state index in [0.717, 1.165) is 33.2 Å². The van der Waals surface area contributed by atoms with E-state index >= 15 is 0 Å². The fraction of sp³-hybridized carbons (Fsp3) is 0.900. The third-order valence-electron chi connectivity index (χ3n) is 1.90. The summed E-state index contributed by atoms with van der Waals surface area (Å²) in [5.74, 6) is 0. The van der Waals surface area contributed by atoms with Gasteiger partial charge >= 0.3 is 6.09 Å². The second-order valence-electron chi connectivity index (χ2n) is 3.07. The number of ether oxygens (including phenoxy) is 4. The van der Waals surface area contributed by atoms with E-state index in [2.05, 4.69) is 10.5 Å². The number of carbonyl (C=O) groups excluding carboxylic acids is 1. The summed E-state index contributed by atoms with van der Waals surface area (Å²) in [5, 5.41) is 7.00. The van der Waals surface area contributed by atoms with Crippen LogP contribution in [0.5, 0.6) is 0 Å². The highest BCUT2D eigenvalue weighted by Gasteiger charge is 2.27. The number of aliphatic hydroxyl groups excluding tert-OH is 1. The molecule has 2 fully saturated rings.